The summed E-state index contributed by atoms with van der Waals surface area (Å²) in [7, 11) is 1.54. The highest BCUT2D eigenvalue weighted by Crippen LogP contribution is 2.31. The Morgan fingerprint density at radius 3 is 2.59 bits per heavy atom. The molecule has 3 rings (SSSR count). The van der Waals surface area contributed by atoms with Crippen LogP contribution in [0.1, 0.15) is 11.1 Å². The van der Waals surface area contributed by atoms with Crippen LogP contribution in [0, 0.1) is 6.92 Å². The van der Waals surface area contributed by atoms with Crippen LogP contribution >= 0.6 is 0 Å². The summed E-state index contributed by atoms with van der Waals surface area (Å²) in [4.78, 5) is 4.23. The van der Waals surface area contributed by atoms with Gasteiger partial charge in [0, 0.05) is 5.69 Å². The lowest BCUT2D eigenvalue weighted by atomic mass is 10.2. The highest BCUT2D eigenvalue weighted by atomic mass is 19.4. The van der Waals surface area contributed by atoms with Crippen LogP contribution in [0.25, 0.3) is 0 Å². The summed E-state index contributed by atoms with van der Waals surface area (Å²) in [6.07, 6.45) is -3.10. The second-order valence-electron chi connectivity index (χ2n) is 5.70. The third-order valence-corrected chi connectivity index (χ3v) is 3.62. The standard InChI is InChI=1S/C18H16F3N5O/c1-11-6-7-15(27-2)14(8-11)24-17-25-16(10-22-26-17)23-13-5-3-4-12(9-13)18(19,20)21/h3-10H,1-2H3,(H2,23,24,25,26). The van der Waals surface area contributed by atoms with E-state index >= 15 is 0 Å². The van der Waals surface area contributed by atoms with Gasteiger partial charge >= 0.3 is 6.18 Å². The Hall–Kier alpha value is -3.36. The fraction of sp³-hybridized carbons (Fsp3) is 0.167. The molecule has 0 atom stereocenters. The highest BCUT2D eigenvalue weighted by Gasteiger charge is 2.30. The zero-order valence-corrected chi connectivity index (χ0v) is 14.5. The maximum atomic E-state index is 12.8. The lowest BCUT2D eigenvalue weighted by Crippen LogP contribution is -2.06. The third-order valence-electron chi connectivity index (χ3n) is 3.62. The van der Waals surface area contributed by atoms with Crippen molar-refractivity contribution in [2.24, 2.45) is 0 Å². The van der Waals surface area contributed by atoms with Crippen LogP contribution in [0.3, 0.4) is 0 Å². The van der Waals surface area contributed by atoms with E-state index in [9.17, 15) is 13.2 Å². The molecule has 0 aliphatic carbocycles. The van der Waals surface area contributed by atoms with Crippen molar-refractivity contribution in [2.75, 3.05) is 17.7 Å². The molecular formula is C18H16F3N5O. The van der Waals surface area contributed by atoms with Crippen LogP contribution < -0.4 is 15.4 Å². The molecule has 1 aromatic heterocycles. The number of hydrogen-bond donors (Lipinski definition) is 2. The van der Waals surface area contributed by atoms with Crippen molar-refractivity contribution in [3.05, 3.63) is 59.8 Å². The van der Waals surface area contributed by atoms with Gasteiger partial charge in [-0.25, -0.2) is 0 Å². The van der Waals surface area contributed by atoms with E-state index in [2.05, 4.69) is 25.8 Å². The molecule has 0 radical (unpaired) electrons. The van der Waals surface area contributed by atoms with Crippen LogP contribution in [0.2, 0.25) is 0 Å². The molecule has 2 aromatic carbocycles. The SMILES string of the molecule is COc1ccc(C)cc1Nc1nncc(Nc2cccc(C(F)(F)F)c2)n1. The molecule has 2 N–H and O–H groups in total. The number of aromatic nitrogens is 3. The van der Waals surface area contributed by atoms with E-state index in [1.54, 1.807) is 13.2 Å². The molecule has 0 aliphatic rings. The normalized spacial score (nSPS) is 11.1. The van der Waals surface area contributed by atoms with Gasteiger partial charge in [-0.05, 0) is 42.8 Å². The molecule has 0 fully saturated rings. The van der Waals surface area contributed by atoms with Crippen LogP contribution in [0.15, 0.2) is 48.7 Å². The van der Waals surface area contributed by atoms with Gasteiger partial charge < -0.3 is 15.4 Å². The van der Waals surface area contributed by atoms with Crippen LogP contribution in [-0.2, 0) is 6.18 Å². The zero-order chi connectivity index (χ0) is 19.4. The minimum atomic E-state index is -4.42. The molecule has 9 heteroatoms. The number of alkyl halides is 3. The average Bonchev–Trinajstić information content (AvgIpc) is 2.62. The van der Waals surface area contributed by atoms with Crippen molar-refractivity contribution in [1.82, 2.24) is 15.2 Å². The number of halogens is 3. The molecule has 0 spiro atoms. The molecular weight excluding hydrogens is 359 g/mol. The Morgan fingerprint density at radius 1 is 1.04 bits per heavy atom. The Bertz CT molecular complexity index is 946. The lowest BCUT2D eigenvalue weighted by Gasteiger charge is -2.12. The molecule has 3 aromatic rings. The molecule has 0 saturated carbocycles. The summed E-state index contributed by atoms with van der Waals surface area (Å²) >= 11 is 0. The number of methoxy groups -OCH3 is 1. The van der Waals surface area contributed by atoms with Crippen molar-refractivity contribution in [2.45, 2.75) is 13.1 Å². The minimum Gasteiger partial charge on any atom is -0.495 e. The maximum absolute atomic E-state index is 12.8. The predicted octanol–water partition coefficient (Wildman–Crippen LogP) is 4.69. The van der Waals surface area contributed by atoms with Crippen LogP contribution in [0.4, 0.5) is 36.3 Å². The number of nitrogens with zero attached hydrogens (tertiary/aromatic N) is 3. The van der Waals surface area contributed by atoms with Crippen molar-refractivity contribution in [3.8, 4) is 5.75 Å². The fourth-order valence-electron chi connectivity index (χ4n) is 2.38. The van der Waals surface area contributed by atoms with Crippen LogP contribution in [0.5, 0.6) is 5.75 Å². The lowest BCUT2D eigenvalue weighted by molar-refractivity contribution is -0.137. The Balaban J connectivity index is 1.82. The van der Waals surface area contributed by atoms with Gasteiger partial charge in [-0.2, -0.15) is 23.3 Å². The summed E-state index contributed by atoms with van der Waals surface area (Å²) in [6, 6.07) is 10.4. The van der Waals surface area contributed by atoms with Gasteiger partial charge in [-0.3, -0.25) is 0 Å². The van der Waals surface area contributed by atoms with E-state index in [1.165, 1.54) is 18.3 Å². The first kappa shape index (κ1) is 18.4. The first-order valence-electron chi connectivity index (χ1n) is 7.91. The van der Waals surface area contributed by atoms with Gasteiger partial charge in [-0.15, -0.1) is 5.10 Å². The summed E-state index contributed by atoms with van der Waals surface area (Å²) in [5, 5.41) is 13.5. The highest BCUT2D eigenvalue weighted by molar-refractivity contribution is 5.64. The Labute approximate surface area is 153 Å². The van der Waals surface area contributed by atoms with Crippen molar-refractivity contribution < 1.29 is 17.9 Å². The van der Waals surface area contributed by atoms with E-state index in [4.69, 9.17) is 4.74 Å². The zero-order valence-electron chi connectivity index (χ0n) is 14.5. The summed E-state index contributed by atoms with van der Waals surface area (Å²) in [5.41, 5.74) is 1.14. The monoisotopic (exact) mass is 375 g/mol. The predicted molar refractivity (Wildman–Crippen MR) is 95.6 cm³/mol. The second-order valence-corrected chi connectivity index (χ2v) is 5.70. The summed E-state index contributed by atoms with van der Waals surface area (Å²) in [6.45, 7) is 1.93. The number of nitrogens with one attached hydrogen (secondary N) is 2. The Morgan fingerprint density at radius 2 is 1.85 bits per heavy atom. The second kappa shape index (κ2) is 7.48. The minimum absolute atomic E-state index is 0.177. The van der Waals surface area contributed by atoms with Gasteiger partial charge in [0.15, 0.2) is 5.82 Å². The number of hydrogen-bond acceptors (Lipinski definition) is 6. The van der Waals surface area contributed by atoms with Gasteiger partial charge in [0.25, 0.3) is 0 Å². The van der Waals surface area contributed by atoms with Gasteiger partial charge in [0.05, 0.1) is 24.6 Å². The maximum Gasteiger partial charge on any atom is 0.416 e. The molecule has 1 heterocycles. The summed E-state index contributed by atoms with van der Waals surface area (Å²) < 4.78 is 43.8. The first-order chi connectivity index (χ1) is 12.8. The molecule has 27 heavy (non-hydrogen) atoms. The van der Waals surface area contributed by atoms with E-state index in [0.29, 0.717) is 11.4 Å². The molecule has 0 aliphatic heterocycles. The average molecular weight is 375 g/mol. The van der Waals surface area contributed by atoms with E-state index in [1.807, 2.05) is 19.1 Å². The molecule has 140 valence electrons. The molecule has 0 bridgehead atoms. The van der Waals surface area contributed by atoms with Crippen LogP contribution in [-0.4, -0.2) is 22.3 Å². The first-order valence-corrected chi connectivity index (χ1v) is 7.91. The molecule has 0 amide bonds. The third kappa shape index (κ3) is 4.63. The van der Waals surface area contributed by atoms with Crippen molar-refractivity contribution in [3.63, 3.8) is 0 Å². The van der Waals surface area contributed by atoms with Crippen molar-refractivity contribution >= 4 is 23.1 Å². The van der Waals surface area contributed by atoms with Crippen molar-refractivity contribution in [1.29, 1.82) is 0 Å². The molecule has 6 nitrogen and oxygen atoms in total. The summed E-state index contributed by atoms with van der Waals surface area (Å²) in [5.74, 6) is 1.02. The quantitative estimate of drug-likeness (QED) is 0.674. The van der Waals surface area contributed by atoms with E-state index in [-0.39, 0.29) is 17.5 Å². The van der Waals surface area contributed by atoms with Gasteiger partial charge in [0.1, 0.15) is 5.75 Å². The van der Waals surface area contributed by atoms with Gasteiger partial charge in [-0.1, -0.05) is 12.1 Å². The number of rotatable bonds is 5. The fourth-order valence-corrected chi connectivity index (χ4v) is 2.38. The largest absolute Gasteiger partial charge is 0.495 e. The topological polar surface area (TPSA) is 72.0 Å². The number of benzene rings is 2. The number of aryl methyl sites for hydroxylation is 1. The number of anilines is 4. The van der Waals surface area contributed by atoms with E-state index < -0.39 is 11.7 Å². The Kier molecular flexibility index (Phi) is 5.11. The molecule has 0 unspecified atom stereocenters. The van der Waals surface area contributed by atoms with Gasteiger partial charge in [0.2, 0.25) is 5.95 Å². The number of ether oxygens (including phenoxy) is 1. The molecule has 0 saturated heterocycles. The van der Waals surface area contributed by atoms with E-state index in [0.717, 1.165) is 17.7 Å². The smallest absolute Gasteiger partial charge is 0.416 e.